The molecule has 1 aliphatic rings. The van der Waals surface area contributed by atoms with Gasteiger partial charge >= 0.3 is 0 Å². The average molecular weight is 373 g/mol. The predicted octanol–water partition coefficient (Wildman–Crippen LogP) is 4.56. The van der Waals surface area contributed by atoms with Crippen molar-refractivity contribution in [3.05, 3.63) is 89.5 Å². The van der Waals surface area contributed by atoms with E-state index in [0.717, 1.165) is 33.5 Å². The van der Waals surface area contributed by atoms with Crippen molar-refractivity contribution in [2.45, 2.75) is 19.8 Å². The Morgan fingerprint density at radius 1 is 0.929 bits per heavy atom. The summed E-state index contributed by atoms with van der Waals surface area (Å²) in [7, 11) is 1.70. The zero-order chi connectivity index (χ0) is 19.3. The van der Waals surface area contributed by atoms with Crippen LogP contribution in [-0.4, -0.2) is 19.6 Å². The smallest absolute Gasteiger partial charge is 0.253 e. The van der Waals surface area contributed by atoms with E-state index in [-0.39, 0.29) is 12.5 Å². The second-order valence-corrected chi connectivity index (χ2v) is 6.89. The summed E-state index contributed by atoms with van der Waals surface area (Å²) in [5.41, 5.74) is 6.35. The molecule has 3 aromatic carbocycles. The summed E-state index contributed by atoms with van der Waals surface area (Å²) in [6.07, 6.45) is 0. The Morgan fingerprint density at radius 3 is 2.54 bits per heavy atom. The number of amides is 1. The Labute approximate surface area is 165 Å². The number of hydrogen-bond donors (Lipinski definition) is 0. The molecule has 4 heteroatoms. The molecule has 0 unspecified atom stereocenters. The molecule has 0 bridgehead atoms. The summed E-state index contributed by atoms with van der Waals surface area (Å²) in [6.45, 7) is 1.60. The van der Waals surface area contributed by atoms with Crippen LogP contribution in [0.3, 0.4) is 0 Å². The van der Waals surface area contributed by atoms with Gasteiger partial charge in [0.2, 0.25) is 0 Å². The maximum Gasteiger partial charge on any atom is 0.253 e. The molecule has 0 saturated carbocycles. The zero-order valence-electron chi connectivity index (χ0n) is 15.9. The van der Waals surface area contributed by atoms with E-state index in [2.05, 4.69) is 24.3 Å². The van der Waals surface area contributed by atoms with Crippen LogP contribution in [0.4, 0.5) is 5.69 Å². The zero-order valence-corrected chi connectivity index (χ0v) is 15.9. The van der Waals surface area contributed by atoms with Gasteiger partial charge in [0.05, 0.1) is 25.4 Å². The molecule has 1 heterocycles. The molecular weight excluding hydrogens is 350 g/mol. The molecule has 142 valence electrons. The van der Waals surface area contributed by atoms with Crippen molar-refractivity contribution >= 4 is 11.6 Å². The fourth-order valence-electron chi connectivity index (χ4n) is 3.64. The summed E-state index contributed by atoms with van der Waals surface area (Å²) in [5, 5.41) is 0. The highest BCUT2D eigenvalue weighted by molar-refractivity contribution is 5.96. The molecule has 4 nitrogen and oxygen atoms in total. The van der Waals surface area contributed by atoms with Gasteiger partial charge < -0.3 is 14.4 Å². The average Bonchev–Trinajstić information content (AvgIpc) is 2.88. The molecule has 0 aromatic heterocycles. The topological polar surface area (TPSA) is 38.8 Å². The van der Waals surface area contributed by atoms with E-state index in [1.807, 2.05) is 53.4 Å². The Bertz CT molecular complexity index is 969. The Hall–Kier alpha value is -2.95. The third-order valence-corrected chi connectivity index (χ3v) is 4.95. The van der Waals surface area contributed by atoms with E-state index in [1.165, 1.54) is 0 Å². The fraction of sp³-hybridized carbons (Fsp3) is 0.208. The molecule has 1 amide bonds. The number of nitrogens with zero attached hydrogens (tertiary/aromatic N) is 1. The minimum atomic E-state index is -0.0205. The van der Waals surface area contributed by atoms with Crippen molar-refractivity contribution in [3.63, 3.8) is 0 Å². The quantitative estimate of drug-likeness (QED) is 0.658. The van der Waals surface area contributed by atoms with Crippen LogP contribution in [0.1, 0.15) is 16.7 Å². The number of carbonyl (C=O) groups is 1. The van der Waals surface area contributed by atoms with Crippen LogP contribution in [0.25, 0.3) is 11.1 Å². The lowest BCUT2D eigenvalue weighted by molar-refractivity contribution is -0.123. The van der Waals surface area contributed by atoms with Gasteiger partial charge in [0.25, 0.3) is 5.91 Å². The summed E-state index contributed by atoms with van der Waals surface area (Å²) in [6, 6.07) is 24.5. The molecule has 1 aliphatic heterocycles. The molecule has 0 atom stereocenters. The molecule has 3 aromatic rings. The number of rotatable bonds is 5. The van der Waals surface area contributed by atoms with E-state index < -0.39 is 0 Å². The Morgan fingerprint density at radius 2 is 1.71 bits per heavy atom. The molecule has 4 rings (SSSR count). The molecule has 0 radical (unpaired) electrons. The van der Waals surface area contributed by atoms with Gasteiger partial charge in [0.1, 0.15) is 6.61 Å². The van der Waals surface area contributed by atoms with Crippen molar-refractivity contribution in [1.29, 1.82) is 0 Å². The van der Waals surface area contributed by atoms with Crippen molar-refractivity contribution < 1.29 is 14.3 Å². The van der Waals surface area contributed by atoms with Gasteiger partial charge in [-0.15, -0.1) is 0 Å². The first-order valence-corrected chi connectivity index (χ1v) is 9.38. The number of carbonyl (C=O) groups excluding carboxylic acids is 1. The molecule has 0 N–H and O–H groups in total. The predicted molar refractivity (Wildman–Crippen MR) is 110 cm³/mol. The number of anilines is 1. The van der Waals surface area contributed by atoms with E-state index in [1.54, 1.807) is 7.11 Å². The van der Waals surface area contributed by atoms with Crippen LogP contribution in [0.5, 0.6) is 0 Å². The maximum atomic E-state index is 12.8. The monoisotopic (exact) mass is 373 g/mol. The van der Waals surface area contributed by atoms with Crippen LogP contribution in [0.2, 0.25) is 0 Å². The van der Waals surface area contributed by atoms with E-state index in [4.69, 9.17) is 9.47 Å². The maximum absolute atomic E-state index is 12.8. The minimum absolute atomic E-state index is 0.0205. The van der Waals surface area contributed by atoms with Crippen molar-refractivity contribution in [1.82, 2.24) is 0 Å². The van der Waals surface area contributed by atoms with Crippen molar-refractivity contribution in [3.8, 4) is 11.1 Å². The second-order valence-electron chi connectivity index (χ2n) is 6.89. The van der Waals surface area contributed by atoms with Gasteiger partial charge in [0.15, 0.2) is 0 Å². The van der Waals surface area contributed by atoms with Crippen LogP contribution >= 0.6 is 0 Å². The second kappa shape index (κ2) is 8.38. The van der Waals surface area contributed by atoms with Gasteiger partial charge in [-0.05, 0) is 34.4 Å². The van der Waals surface area contributed by atoms with E-state index in [0.29, 0.717) is 19.8 Å². The molecule has 0 saturated heterocycles. The van der Waals surface area contributed by atoms with Crippen LogP contribution in [0, 0.1) is 0 Å². The number of benzene rings is 3. The first-order valence-electron chi connectivity index (χ1n) is 9.38. The third kappa shape index (κ3) is 3.84. The number of hydrogen-bond acceptors (Lipinski definition) is 3. The molecule has 0 aliphatic carbocycles. The van der Waals surface area contributed by atoms with E-state index >= 15 is 0 Å². The lowest BCUT2D eigenvalue weighted by Gasteiger charge is -2.24. The largest absolute Gasteiger partial charge is 0.380 e. The van der Waals surface area contributed by atoms with Crippen LogP contribution in [-0.2, 0) is 34.0 Å². The lowest BCUT2D eigenvalue weighted by Crippen LogP contribution is -2.32. The summed E-state index contributed by atoms with van der Waals surface area (Å²) >= 11 is 0. The van der Waals surface area contributed by atoms with E-state index in [9.17, 15) is 4.79 Å². The van der Waals surface area contributed by atoms with Gasteiger partial charge in [-0.1, -0.05) is 60.7 Å². The fourth-order valence-corrected chi connectivity index (χ4v) is 3.64. The third-order valence-electron chi connectivity index (χ3n) is 4.95. The Balaban J connectivity index is 1.77. The van der Waals surface area contributed by atoms with Crippen LogP contribution in [0.15, 0.2) is 72.8 Å². The van der Waals surface area contributed by atoms with Gasteiger partial charge in [-0.3, -0.25) is 4.79 Å². The molecule has 0 fully saturated rings. The van der Waals surface area contributed by atoms with Gasteiger partial charge in [-0.25, -0.2) is 0 Å². The number of methoxy groups -OCH3 is 1. The minimum Gasteiger partial charge on any atom is -0.380 e. The van der Waals surface area contributed by atoms with Crippen molar-refractivity contribution in [2.75, 3.05) is 18.6 Å². The molecular formula is C24H23NO3. The summed E-state index contributed by atoms with van der Waals surface area (Å²) < 4.78 is 11.0. The highest BCUT2D eigenvalue weighted by Crippen LogP contribution is 2.35. The normalized spacial score (nSPS) is 13.9. The standard InChI is InChI=1S/C24H23NO3/c1-27-15-19-9-5-10-20(13-19)21-11-6-12-23-22(21)16-28-17-24(26)25(23)14-18-7-3-2-4-8-18/h2-13H,14-17H2,1H3. The summed E-state index contributed by atoms with van der Waals surface area (Å²) in [4.78, 5) is 14.6. The first-order chi connectivity index (χ1) is 13.8. The van der Waals surface area contributed by atoms with Gasteiger partial charge in [0, 0.05) is 12.7 Å². The molecule has 0 spiro atoms. The van der Waals surface area contributed by atoms with Gasteiger partial charge in [-0.2, -0.15) is 0 Å². The highest BCUT2D eigenvalue weighted by atomic mass is 16.5. The number of fused-ring (bicyclic) bond motifs is 1. The lowest BCUT2D eigenvalue weighted by atomic mass is 9.96. The summed E-state index contributed by atoms with van der Waals surface area (Å²) in [5.74, 6) is -0.0205. The SMILES string of the molecule is COCc1cccc(-c2cccc3c2COCC(=O)N3Cc2ccccc2)c1. The molecule has 28 heavy (non-hydrogen) atoms. The highest BCUT2D eigenvalue weighted by Gasteiger charge is 2.25. The van der Waals surface area contributed by atoms with Crippen molar-refractivity contribution in [2.24, 2.45) is 0 Å². The number of ether oxygens (including phenoxy) is 2. The first kappa shape index (κ1) is 18.4. The Kier molecular flexibility index (Phi) is 5.51. The van der Waals surface area contributed by atoms with Crippen LogP contribution < -0.4 is 4.90 Å².